The summed E-state index contributed by atoms with van der Waals surface area (Å²) in [5, 5.41) is 3.36. The van der Waals surface area contributed by atoms with Crippen LogP contribution in [0.25, 0.3) is 0 Å². The van der Waals surface area contributed by atoms with Gasteiger partial charge in [-0.1, -0.05) is 30.3 Å². The Morgan fingerprint density at radius 2 is 1.50 bits per heavy atom. The Balaban J connectivity index is 2.60. The second-order valence-electron chi connectivity index (χ2n) is 4.65. The highest BCUT2D eigenvalue weighted by molar-refractivity contribution is 5.51. The molecule has 2 aromatic rings. The summed E-state index contributed by atoms with van der Waals surface area (Å²) in [6.45, 7) is 2.11. The van der Waals surface area contributed by atoms with Gasteiger partial charge in [0.1, 0.15) is 11.5 Å². The maximum absolute atomic E-state index is 5.51. The van der Waals surface area contributed by atoms with Crippen LogP contribution in [0.2, 0.25) is 0 Å². The Bertz CT molecular complexity index is 559. The molecule has 2 aromatic carbocycles. The minimum atomic E-state index is 0.0299. The van der Waals surface area contributed by atoms with E-state index in [0.29, 0.717) is 0 Å². The number of methoxy groups -OCH3 is 2. The highest BCUT2D eigenvalue weighted by Crippen LogP contribution is 2.37. The molecule has 0 aliphatic heterocycles. The van der Waals surface area contributed by atoms with Crippen molar-refractivity contribution in [3.63, 3.8) is 0 Å². The average molecular weight is 271 g/mol. The molecule has 20 heavy (non-hydrogen) atoms. The molecule has 1 unspecified atom stereocenters. The van der Waals surface area contributed by atoms with Crippen LogP contribution < -0.4 is 14.8 Å². The molecule has 3 heteroatoms. The summed E-state index contributed by atoms with van der Waals surface area (Å²) >= 11 is 0. The third-order valence-electron chi connectivity index (χ3n) is 3.54. The van der Waals surface area contributed by atoms with Crippen LogP contribution in [-0.2, 0) is 0 Å². The van der Waals surface area contributed by atoms with Gasteiger partial charge in [0.05, 0.1) is 25.8 Å². The van der Waals surface area contributed by atoms with Crippen LogP contribution in [-0.4, -0.2) is 21.3 Å². The molecule has 0 saturated heterocycles. The van der Waals surface area contributed by atoms with Crippen molar-refractivity contribution in [2.75, 3.05) is 21.3 Å². The molecule has 0 aliphatic rings. The van der Waals surface area contributed by atoms with Crippen LogP contribution in [0.1, 0.15) is 22.7 Å². The van der Waals surface area contributed by atoms with Crippen LogP contribution in [0.5, 0.6) is 11.5 Å². The molecule has 0 heterocycles. The van der Waals surface area contributed by atoms with Crippen molar-refractivity contribution in [2.45, 2.75) is 13.0 Å². The predicted molar refractivity (Wildman–Crippen MR) is 81.6 cm³/mol. The van der Waals surface area contributed by atoms with E-state index >= 15 is 0 Å². The molecule has 0 spiro atoms. The highest BCUT2D eigenvalue weighted by atomic mass is 16.5. The Morgan fingerprint density at radius 1 is 0.900 bits per heavy atom. The first kappa shape index (κ1) is 14.4. The first-order valence-corrected chi connectivity index (χ1v) is 6.66. The van der Waals surface area contributed by atoms with E-state index < -0.39 is 0 Å². The van der Waals surface area contributed by atoms with Crippen molar-refractivity contribution in [2.24, 2.45) is 0 Å². The van der Waals surface area contributed by atoms with Crippen molar-refractivity contribution in [1.29, 1.82) is 0 Å². The third kappa shape index (κ3) is 2.63. The van der Waals surface area contributed by atoms with Crippen LogP contribution in [0.15, 0.2) is 42.5 Å². The van der Waals surface area contributed by atoms with E-state index in [-0.39, 0.29) is 6.04 Å². The topological polar surface area (TPSA) is 30.5 Å². The molecule has 106 valence electrons. The Hall–Kier alpha value is -2.00. The lowest BCUT2D eigenvalue weighted by atomic mass is 9.93. The first-order valence-electron chi connectivity index (χ1n) is 6.66. The number of nitrogens with one attached hydrogen (secondary N) is 1. The molecule has 2 rings (SSSR count). The van der Waals surface area contributed by atoms with Gasteiger partial charge in [0, 0.05) is 0 Å². The second kappa shape index (κ2) is 6.44. The standard InChI is InChI=1S/C17H21NO2/c1-12-8-5-6-9-13(12)17(18-2)16-14(19-3)10-7-11-15(16)20-4/h5-11,17-18H,1-4H3. The fourth-order valence-electron chi connectivity index (χ4n) is 2.53. The summed E-state index contributed by atoms with van der Waals surface area (Å²) < 4.78 is 11.0. The van der Waals surface area contributed by atoms with Crippen molar-refractivity contribution >= 4 is 0 Å². The number of hydrogen-bond donors (Lipinski definition) is 1. The van der Waals surface area contributed by atoms with E-state index in [1.165, 1.54) is 11.1 Å². The lowest BCUT2D eigenvalue weighted by Gasteiger charge is -2.23. The van der Waals surface area contributed by atoms with Gasteiger partial charge in [-0.15, -0.1) is 0 Å². The van der Waals surface area contributed by atoms with Crippen LogP contribution in [0.4, 0.5) is 0 Å². The number of aryl methyl sites for hydroxylation is 1. The van der Waals surface area contributed by atoms with Crippen molar-refractivity contribution in [3.8, 4) is 11.5 Å². The first-order chi connectivity index (χ1) is 9.72. The molecule has 1 N–H and O–H groups in total. The zero-order valence-corrected chi connectivity index (χ0v) is 12.4. The monoisotopic (exact) mass is 271 g/mol. The minimum absolute atomic E-state index is 0.0299. The normalized spacial score (nSPS) is 12.0. The van der Waals surface area contributed by atoms with Gasteiger partial charge in [-0.05, 0) is 37.2 Å². The zero-order chi connectivity index (χ0) is 14.5. The lowest BCUT2D eigenvalue weighted by Crippen LogP contribution is -2.20. The summed E-state index contributed by atoms with van der Waals surface area (Å²) in [4.78, 5) is 0. The van der Waals surface area contributed by atoms with Gasteiger partial charge >= 0.3 is 0 Å². The van der Waals surface area contributed by atoms with E-state index in [1.807, 2.05) is 31.3 Å². The smallest absolute Gasteiger partial charge is 0.127 e. The Morgan fingerprint density at radius 3 is 2.00 bits per heavy atom. The molecule has 0 aliphatic carbocycles. The van der Waals surface area contributed by atoms with E-state index in [2.05, 4.69) is 30.4 Å². The van der Waals surface area contributed by atoms with Crippen molar-refractivity contribution in [3.05, 3.63) is 59.2 Å². The Kier molecular flexibility index (Phi) is 4.64. The quantitative estimate of drug-likeness (QED) is 0.905. The SMILES string of the molecule is CNC(c1ccccc1C)c1c(OC)cccc1OC. The van der Waals surface area contributed by atoms with E-state index in [1.54, 1.807) is 14.2 Å². The molecular formula is C17H21NO2. The lowest BCUT2D eigenvalue weighted by molar-refractivity contribution is 0.378. The molecule has 0 aromatic heterocycles. The van der Waals surface area contributed by atoms with Crippen LogP contribution in [0, 0.1) is 6.92 Å². The summed E-state index contributed by atoms with van der Waals surface area (Å²) in [5.74, 6) is 1.65. The highest BCUT2D eigenvalue weighted by Gasteiger charge is 2.22. The molecule has 3 nitrogen and oxygen atoms in total. The molecular weight excluding hydrogens is 250 g/mol. The molecule has 0 saturated carbocycles. The predicted octanol–water partition coefficient (Wildman–Crippen LogP) is 3.32. The number of hydrogen-bond acceptors (Lipinski definition) is 3. The fourth-order valence-corrected chi connectivity index (χ4v) is 2.53. The maximum Gasteiger partial charge on any atom is 0.127 e. The van der Waals surface area contributed by atoms with E-state index in [9.17, 15) is 0 Å². The molecule has 0 bridgehead atoms. The number of rotatable bonds is 5. The zero-order valence-electron chi connectivity index (χ0n) is 12.4. The van der Waals surface area contributed by atoms with Gasteiger partial charge in [0.15, 0.2) is 0 Å². The second-order valence-corrected chi connectivity index (χ2v) is 4.65. The number of benzene rings is 2. The van der Waals surface area contributed by atoms with Gasteiger partial charge < -0.3 is 14.8 Å². The Labute approximate surface area is 120 Å². The van der Waals surface area contributed by atoms with Gasteiger partial charge in [-0.25, -0.2) is 0 Å². The molecule has 1 atom stereocenters. The maximum atomic E-state index is 5.51. The van der Waals surface area contributed by atoms with Crippen LogP contribution >= 0.6 is 0 Å². The summed E-state index contributed by atoms with van der Waals surface area (Å²) in [5.41, 5.74) is 3.48. The van der Waals surface area contributed by atoms with Crippen LogP contribution in [0.3, 0.4) is 0 Å². The average Bonchev–Trinajstić information content (AvgIpc) is 2.49. The third-order valence-corrected chi connectivity index (χ3v) is 3.54. The van der Waals surface area contributed by atoms with Gasteiger partial charge in [0.25, 0.3) is 0 Å². The summed E-state index contributed by atoms with van der Waals surface area (Å²) in [7, 11) is 5.31. The number of ether oxygens (including phenoxy) is 2. The van der Waals surface area contributed by atoms with Gasteiger partial charge in [-0.2, -0.15) is 0 Å². The largest absolute Gasteiger partial charge is 0.496 e. The van der Waals surface area contributed by atoms with Crippen molar-refractivity contribution < 1.29 is 9.47 Å². The van der Waals surface area contributed by atoms with E-state index in [0.717, 1.165) is 17.1 Å². The summed E-state index contributed by atoms with van der Waals surface area (Å²) in [6.07, 6.45) is 0. The summed E-state index contributed by atoms with van der Waals surface area (Å²) in [6, 6.07) is 14.2. The van der Waals surface area contributed by atoms with Crippen molar-refractivity contribution in [1.82, 2.24) is 5.32 Å². The molecule has 0 radical (unpaired) electrons. The minimum Gasteiger partial charge on any atom is -0.496 e. The molecule has 0 fully saturated rings. The fraction of sp³-hybridized carbons (Fsp3) is 0.294. The van der Waals surface area contributed by atoms with Gasteiger partial charge in [0.2, 0.25) is 0 Å². The molecule has 0 amide bonds. The van der Waals surface area contributed by atoms with Gasteiger partial charge in [-0.3, -0.25) is 0 Å². The van der Waals surface area contributed by atoms with E-state index in [4.69, 9.17) is 9.47 Å².